The van der Waals surface area contributed by atoms with Gasteiger partial charge in [0.1, 0.15) is 0 Å². The summed E-state index contributed by atoms with van der Waals surface area (Å²) in [5.41, 5.74) is 2.58. The van der Waals surface area contributed by atoms with Gasteiger partial charge in [-0.3, -0.25) is 0 Å². The second-order valence-corrected chi connectivity index (χ2v) is 7.64. The molecule has 1 aliphatic rings. The van der Waals surface area contributed by atoms with E-state index in [-0.39, 0.29) is 15.8 Å². The zero-order chi connectivity index (χ0) is 18.8. The van der Waals surface area contributed by atoms with Crippen molar-refractivity contribution in [2.24, 2.45) is 0 Å². The summed E-state index contributed by atoms with van der Waals surface area (Å²) in [7, 11) is 0. The predicted octanol–water partition coefficient (Wildman–Crippen LogP) is 4.53. The zero-order valence-electron chi connectivity index (χ0n) is 13.7. The number of fused-ring (bicyclic) bond motifs is 1. The van der Waals surface area contributed by atoms with E-state index < -0.39 is 5.75 Å². The summed E-state index contributed by atoms with van der Waals surface area (Å²) < 4.78 is 0. The molecule has 1 heterocycles. The van der Waals surface area contributed by atoms with Crippen molar-refractivity contribution in [3.05, 3.63) is 56.0 Å². The van der Waals surface area contributed by atoms with Crippen LogP contribution in [0.1, 0.15) is 16.7 Å². The molecule has 0 aliphatic carbocycles. The van der Waals surface area contributed by atoms with Crippen LogP contribution >= 0.6 is 47.0 Å². The first kappa shape index (κ1) is 19.4. The lowest BCUT2D eigenvalue weighted by molar-refractivity contribution is 0.375. The molecule has 4 nitrogen and oxygen atoms in total. The summed E-state index contributed by atoms with van der Waals surface area (Å²) in [5, 5.41) is 24.6. The summed E-state index contributed by atoms with van der Waals surface area (Å²) in [6, 6.07) is 7.72. The third kappa shape index (κ3) is 3.96. The third-order valence-corrected chi connectivity index (χ3v) is 5.83. The van der Waals surface area contributed by atoms with Gasteiger partial charge in [0.2, 0.25) is 0 Å². The van der Waals surface area contributed by atoms with E-state index in [0.717, 1.165) is 17.5 Å². The molecule has 0 fully saturated rings. The van der Waals surface area contributed by atoms with Crippen LogP contribution in [-0.2, 0) is 19.4 Å². The Kier molecular flexibility index (Phi) is 6.03. The molecule has 0 spiro atoms. The summed E-state index contributed by atoms with van der Waals surface area (Å²) in [6.07, 6.45) is 1.38. The number of hydrogen-bond donors (Lipinski definition) is 3. The highest BCUT2D eigenvalue weighted by Gasteiger charge is 2.27. The molecule has 2 aromatic carbocycles. The van der Waals surface area contributed by atoms with Gasteiger partial charge in [0.25, 0.3) is 0 Å². The minimum atomic E-state index is -0.392. The Bertz CT molecular complexity index is 861. The molecule has 0 atom stereocenters. The second-order valence-electron chi connectivity index (χ2n) is 6.07. The zero-order valence-corrected chi connectivity index (χ0v) is 16.8. The SMILES string of the molecule is Oc1c(O)c(Cl)c2c(c1Cl)CCN(C(=S)NCCc1cccc(Cl)c1)C2. The quantitative estimate of drug-likeness (QED) is 0.492. The third-order valence-electron chi connectivity index (χ3n) is 4.38. The van der Waals surface area contributed by atoms with Crippen LogP contribution in [0, 0.1) is 0 Å². The van der Waals surface area contributed by atoms with Crippen molar-refractivity contribution in [3.8, 4) is 11.5 Å². The number of thiocarbonyl (C=S) groups is 1. The first-order valence-electron chi connectivity index (χ1n) is 8.06. The highest BCUT2D eigenvalue weighted by molar-refractivity contribution is 7.80. The van der Waals surface area contributed by atoms with Gasteiger partial charge in [-0.1, -0.05) is 46.9 Å². The first-order chi connectivity index (χ1) is 12.4. The minimum Gasteiger partial charge on any atom is -0.503 e. The van der Waals surface area contributed by atoms with Crippen LogP contribution in [0.4, 0.5) is 0 Å². The molecule has 0 saturated heterocycles. The van der Waals surface area contributed by atoms with Gasteiger partial charge in [0, 0.05) is 24.7 Å². The molecule has 0 bridgehead atoms. The van der Waals surface area contributed by atoms with Crippen LogP contribution in [0.3, 0.4) is 0 Å². The van der Waals surface area contributed by atoms with E-state index in [1.165, 1.54) is 0 Å². The lowest BCUT2D eigenvalue weighted by Crippen LogP contribution is -2.43. The van der Waals surface area contributed by atoms with Crippen LogP contribution in [0.5, 0.6) is 11.5 Å². The molecule has 0 unspecified atom stereocenters. The van der Waals surface area contributed by atoms with E-state index in [2.05, 4.69) is 5.32 Å². The minimum absolute atomic E-state index is 0.119. The Morgan fingerprint density at radius 3 is 2.50 bits per heavy atom. The van der Waals surface area contributed by atoms with Crippen LogP contribution in [-0.4, -0.2) is 33.3 Å². The Morgan fingerprint density at radius 2 is 1.81 bits per heavy atom. The van der Waals surface area contributed by atoms with E-state index in [4.69, 9.17) is 47.0 Å². The standard InChI is InChI=1S/C18H17Cl3N2O2S/c19-11-3-1-2-10(8-11)4-6-22-18(26)23-7-5-12-13(9-23)15(21)17(25)16(24)14(12)20/h1-3,8,24-25H,4-7,9H2,(H,22,26). The summed E-state index contributed by atoms with van der Waals surface area (Å²) in [5.74, 6) is -0.761. The van der Waals surface area contributed by atoms with E-state index >= 15 is 0 Å². The second kappa shape index (κ2) is 8.09. The molecule has 1 aliphatic heterocycles. The van der Waals surface area contributed by atoms with Crippen LogP contribution < -0.4 is 5.32 Å². The molecule has 0 saturated carbocycles. The number of phenols is 2. The van der Waals surface area contributed by atoms with E-state index in [9.17, 15) is 10.2 Å². The van der Waals surface area contributed by atoms with Crippen LogP contribution in [0.2, 0.25) is 15.1 Å². The first-order valence-corrected chi connectivity index (χ1v) is 9.60. The smallest absolute Gasteiger partial charge is 0.178 e. The Hall–Kier alpha value is -1.40. The fourth-order valence-corrected chi connectivity index (χ4v) is 4.02. The van der Waals surface area contributed by atoms with Gasteiger partial charge < -0.3 is 20.4 Å². The maximum Gasteiger partial charge on any atom is 0.178 e. The van der Waals surface area contributed by atoms with E-state index in [1.54, 1.807) is 0 Å². The van der Waals surface area contributed by atoms with Gasteiger partial charge in [-0.2, -0.15) is 0 Å². The number of halogens is 3. The molecule has 0 aromatic heterocycles. The van der Waals surface area contributed by atoms with Gasteiger partial charge in [0.15, 0.2) is 16.6 Å². The van der Waals surface area contributed by atoms with Crippen molar-refractivity contribution in [2.45, 2.75) is 19.4 Å². The number of rotatable bonds is 3. The highest BCUT2D eigenvalue weighted by Crippen LogP contribution is 2.46. The predicted molar refractivity (Wildman–Crippen MR) is 110 cm³/mol. The molecular weight excluding hydrogens is 415 g/mol. The topological polar surface area (TPSA) is 55.7 Å². The van der Waals surface area contributed by atoms with Crippen molar-refractivity contribution in [1.82, 2.24) is 10.2 Å². The lowest BCUT2D eigenvalue weighted by atomic mass is 9.98. The van der Waals surface area contributed by atoms with Crippen molar-refractivity contribution in [2.75, 3.05) is 13.1 Å². The van der Waals surface area contributed by atoms with Crippen LogP contribution in [0.15, 0.2) is 24.3 Å². The molecule has 3 rings (SSSR count). The van der Waals surface area contributed by atoms with Gasteiger partial charge in [-0.15, -0.1) is 0 Å². The fourth-order valence-electron chi connectivity index (χ4n) is 2.99. The fraction of sp³-hybridized carbons (Fsp3) is 0.278. The summed E-state index contributed by atoms with van der Waals surface area (Å²) in [6.45, 7) is 1.75. The Labute approximate surface area is 172 Å². The molecule has 3 N–H and O–H groups in total. The number of phenolic OH excluding ortho intramolecular Hbond substituents is 2. The van der Waals surface area contributed by atoms with Gasteiger partial charge in [-0.05, 0) is 53.9 Å². The van der Waals surface area contributed by atoms with Crippen molar-refractivity contribution in [3.63, 3.8) is 0 Å². The molecule has 2 aromatic rings. The molecular formula is C18H17Cl3N2O2S. The van der Waals surface area contributed by atoms with Crippen molar-refractivity contribution >= 4 is 52.1 Å². The maximum atomic E-state index is 9.91. The largest absolute Gasteiger partial charge is 0.503 e. The highest BCUT2D eigenvalue weighted by atomic mass is 35.5. The van der Waals surface area contributed by atoms with E-state index in [1.807, 2.05) is 29.2 Å². The number of nitrogens with one attached hydrogen (secondary N) is 1. The Balaban J connectivity index is 1.64. The van der Waals surface area contributed by atoms with Crippen LogP contribution in [0.25, 0.3) is 0 Å². The summed E-state index contributed by atoms with van der Waals surface area (Å²) >= 11 is 23.8. The normalized spacial score (nSPS) is 13.4. The molecule has 8 heteroatoms. The molecule has 138 valence electrons. The lowest BCUT2D eigenvalue weighted by Gasteiger charge is -2.32. The summed E-state index contributed by atoms with van der Waals surface area (Å²) in [4.78, 5) is 1.97. The van der Waals surface area contributed by atoms with Gasteiger partial charge in [0.05, 0.1) is 10.0 Å². The monoisotopic (exact) mass is 430 g/mol. The number of aromatic hydroxyl groups is 2. The van der Waals surface area contributed by atoms with Crippen molar-refractivity contribution in [1.29, 1.82) is 0 Å². The maximum absolute atomic E-state index is 9.91. The van der Waals surface area contributed by atoms with Gasteiger partial charge in [-0.25, -0.2) is 0 Å². The number of benzene rings is 2. The van der Waals surface area contributed by atoms with Gasteiger partial charge >= 0.3 is 0 Å². The Morgan fingerprint density at radius 1 is 1.12 bits per heavy atom. The number of hydrogen-bond acceptors (Lipinski definition) is 3. The molecule has 0 amide bonds. The van der Waals surface area contributed by atoms with E-state index in [0.29, 0.717) is 41.8 Å². The molecule has 26 heavy (non-hydrogen) atoms. The average molecular weight is 432 g/mol. The average Bonchev–Trinajstić information content (AvgIpc) is 2.64. The molecule has 0 radical (unpaired) electrons. The number of nitrogens with zero attached hydrogens (tertiary/aromatic N) is 1. The van der Waals surface area contributed by atoms with Crippen molar-refractivity contribution < 1.29 is 10.2 Å².